The van der Waals surface area contributed by atoms with E-state index in [9.17, 15) is 9.90 Å². The van der Waals surface area contributed by atoms with E-state index in [0.29, 0.717) is 11.8 Å². The van der Waals surface area contributed by atoms with Crippen LogP contribution >= 0.6 is 0 Å². The van der Waals surface area contributed by atoms with Crippen LogP contribution in [0.25, 0.3) is 0 Å². The molecule has 0 aromatic heterocycles. The number of nitrogens with zero attached hydrogens (tertiary/aromatic N) is 2. The summed E-state index contributed by atoms with van der Waals surface area (Å²) >= 11 is 0. The minimum atomic E-state index is -0.413. The molecule has 0 amide bonds. The molecular formula is C19H40N2O2. The Labute approximate surface area is 144 Å². The predicted octanol–water partition coefficient (Wildman–Crippen LogP) is 3.33. The molecule has 2 aliphatic heterocycles. The van der Waals surface area contributed by atoms with Crippen molar-refractivity contribution in [3.63, 3.8) is 0 Å². The molecule has 2 heterocycles. The fraction of sp³-hybridized carbons (Fsp3) is 0.947. The van der Waals surface area contributed by atoms with E-state index >= 15 is 0 Å². The Morgan fingerprint density at radius 2 is 1.65 bits per heavy atom. The Morgan fingerprint density at radius 3 is 2.26 bits per heavy atom. The molecule has 2 aliphatic rings. The van der Waals surface area contributed by atoms with Crippen LogP contribution in [0.15, 0.2) is 0 Å². The van der Waals surface area contributed by atoms with Crippen LogP contribution in [0.1, 0.15) is 73.1 Å². The van der Waals surface area contributed by atoms with Crippen LogP contribution in [-0.4, -0.2) is 65.6 Å². The highest BCUT2D eigenvalue weighted by molar-refractivity contribution is 5.78. The zero-order valence-corrected chi connectivity index (χ0v) is 16.4. The first-order valence-electron chi connectivity index (χ1n) is 9.47. The standard InChI is InChI=1S/C10H21NO.C7H13NO.C2H6/c1-9(2)11-7-4-5-10(3,12)6-8-11;1-8-5-2-3-7(9)4-6-8;1-2/h9,12H,4-8H2,1-3H3;2-6H2,1H3;1-2H3. The third-order valence-electron chi connectivity index (χ3n) is 4.60. The maximum Gasteiger partial charge on any atom is 0.134 e. The third kappa shape index (κ3) is 10.9. The first kappa shape index (κ1) is 22.6. The van der Waals surface area contributed by atoms with Crippen molar-refractivity contribution in [3.05, 3.63) is 0 Å². The molecule has 4 nitrogen and oxygen atoms in total. The minimum absolute atomic E-state index is 0.413. The lowest BCUT2D eigenvalue weighted by atomic mass is 9.98. The molecular weight excluding hydrogens is 288 g/mol. The van der Waals surface area contributed by atoms with Gasteiger partial charge < -0.3 is 14.9 Å². The Balaban J connectivity index is 0.000000392. The van der Waals surface area contributed by atoms with Crippen LogP contribution in [-0.2, 0) is 4.79 Å². The number of carbonyl (C=O) groups excluding carboxylic acids is 1. The number of ketones is 1. The molecule has 0 aliphatic carbocycles. The number of likely N-dealkylation sites (tertiary alicyclic amines) is 2. The summed E-state index contributed by atoms with van der Waals surface area (Å²) in [4.78, 5) is 15.5. The highest BCUT2D eigenvalue weighted by Gasteiger charge is 2.25. The van der Waals surface area contributed by atoms with Gasteiger partial charge in [-0.05, 0) is 66.6 Å². The van der Waals surface area contributed by atoms with Crippen molar-refractivity contribution in [2.45, 2.75) is 84.8 Å². The molecule has 2 rings (SSSR count). The largest absolute Gasteiger partial charge is 0.390 e. The Kier molecular flexibility index (Phi) is 11.8. The summed E-state index contributed by atoms with van der Waals surface area (Å²) in [5.74, 6) is 0.430. The number of aliphatic hydroxyl groups is 1. The molecule has 0 aromatic carbocycles. The molecule has 2 fully saturated rings. The van der Waals surface area contributed by atoms with Crippen LogP contribution in [0.2, 0.25) is 0 Å². The van der Waals surface area contributed by atoms with Crippen molar-refractivity contribution in [2.24, 2.45) is 0 Å². The summed E-state index contributed by atoms with van der Waals surface area (Å²) in [7, 11) is 2.07. The van der Waals surface area contributed by atoms with Crippen LogP contribution in [0.4, 0.5) is 0 Å². The highest BCUT2D eigenvalue weighted by atomic mass is 16.3. The van der Waals surface area contributed by atoms with E-state index in [0.717, 1.165) is 64.7 Å². The Bertz CT molecular complexity index is 316. The second-order valence-corrected chi connectivity index (χ2v) is 7.18. The number of rotatable bonds is 1. The molecule has 1 N–H and O–H groups in total. The fourth-order valence-corrected chi connectivity index (χ4v) is 2.90. The molecule has 0 aromatic rings. The van der Waals surface area contributed by atoms with Crippen molar-refractivity contribution >= 4 is 5.78 Å². The lowest BCUT2D eigenvalue weighted by Crippen LogP contribution is -2.33. The van der Waals surface area contributed by atoms with Gasteiger partial charge in [-0.25, -0.2) is 0 Å². The quantitative estimate of drug-likeness (QED) is 0.802. The summed E-state index contributed by atoms with van der Waals surface area (Å²) in [6.07, 6.45) is 5.61. The molecule has 23 heavy (non-hydrogen) atoms. The van der Waals surface area contributed by atoms with Gasteiger partial charge in [-0.1, -0.05) is 13.8 Å². The van der Waals surface area contributed by atoms with Crippen LogP contribution < -0.4 is 0 Å². The van der Waals surface area contributed by atoms with E-state index in [1.165, 1.54) is 0 Å². The molecule has 0 spiro atoms. The van der Waals surface area contributed by atoms with E-state index in [1.807, 2.05) is 20.8 Å². The van der Waals surface area contributed by atoms with Gasteiger partial charge in [-0.15, -0.1) is 0 Å². The first-order valence-corrected chi connectivity index (χ1v) is 9.47. The van der Waals surface area contributed by atoms with E-state index in [1.54, 1.807) is 0 Å². The topological polar surface area (TPSA) is 43.8 Å². The molecule has 1 atom stereocenters. The Hall–Kier alpha value is -0.450. The number of carbonyl (C=O) groups is 1. The number of Topliss-reactive ketones (excluding diaryl/α,β-unsaturated/α-hetero) is 1. The highest BCUT2D eigenvalue weighted by Crippen LogP contribution is 2.22. The normalized spacial score (nSPS) is 27.2. The average Bonchev–Trinajstić information content (AvgIpc) is 2.80. The zero-order valence-electron chi connectivity index (χ0n) is 16.4. The molecule has 0 radical (unpaired) electrons. The van der Waals surface area contributed by atoms with Crippen molar-refractivity contribution in [3.8, 4) is 0 Å². The maximum atomic E-state index is 10.8. The van der Waals surface area contributed by atoms with Gasteiger partial charge in [0.1, 0.15) is 5.78 Å². The third-order valence-corrected chi connectivity index (χ3v) is 4.60. The first-order chi connectivity index (χ1) is 10.8. The van der Waals surface area contributed by atoms with Gasteiger partial charge in [0, 0.05) is 32.0 Å². The lowest BCUT2D eigenvalue weighted by molar-refractivity contribution is -0.118. The van der Waals surface area contributed by atoms with Gasteiger partial charge in [0.2, 0.25) is 0 Å². The van der Waals surface area contributed by atoms with Crippen molar-refractivity contribution in [1.82, 2.24) is 9.80 Å². The molecule has 1 unspecified atom stereocenters. The summed E-state index contributed by atoms with van der Waals surface area (Å²) in [6, 6.07) is 0.624. The number of hydrogen-bond acceptors (Lipinski definition) is 4. The zero-order chi connectivity index (χ0) is 17.9. The second-order valence-electron chi connectivity index (χ2n) is 7.18. The smallest absolute Gasteiger partial charge is 0.134 e. The van der Waals surface area contributed by atoms with Gasteiger partial charge in [-0.3, -0.25) is 4.79 Å². The van der Waals surface area contributed by atoms with Gasteiger partial charge in [0.05, 0.1) is 5.60 Å². The molecule has 0 saturated carbocycles. The van der Waals surface area contributed by atoms with Crippen molar-refractivity contribution in [1.29, 1.82) is 0 Å². The summed E-state index contributed by atoms with van der Waals surface area (Å²) in [5.41, 5.74) is -0.413. The van der Waals surface area contributed by atoms with E-state index in [4.69, 9.17) is 0 Å². The fourth-order valence-electron chi connectivity index (χ4n) is 2.90. The van der Waals surface area contributed by atoms with Crippen molar-refractivity contribution < 1.29 is 9.90 Å². The molecule has 138 valence electrons. The lowest BCUT2D eigenvalue weighted by Gasteiger charge is -2.25. The van der Waals surface area contributed by atoms with Crippen LogP contribution in [0.5, 0.6) is 0 Å². The molecule has 4 heteroatoms. The Morgan fingerprint density at radius 1 is 1.00 bits per heavy atom. The maximum absolute atomic E-state index is 10.8. The summed E-state index contributed by atoms with van der Waals surface area (Å²) in [5, 5.41) is 9.83. The van der Waals surface area contributed by atoms with Crippen molar-refractivity contribution in [2.75, 3.05) is 33.2 Å². The summed E-state index contributed by atoms with van der Waals surface area (Å²) in [6.45, 7) is 14.6. The average molecular weight is 329 g/mol. The summed E-state index contributed by atoms with van der Waals surface area (Å²) < 4.78 is 0. The van der Waals surface area contributed by atoms with Gasteiger partial charge in [0.25, 0.3) is 0 Å². The van der Waals surface area contributed by atoms with Gasteiger partial charge in [0.15, 0.2) is 0 Å². The SMILES string of the molecule is CC.CC(C)N1CCCC(C)(O)CC1.CN1CCCC(=O)CC1. The number of hydrogen-bond donors (Lipinski definition) is 1. The molecule has 2 saturated heterocycles. The van der Waals surface area contributed by atoms with Crippen LogP contribution in [0.3, 0.4) is 0 Å². The minimum Gasteiger partial charge on any atom is -0.390 e. The monoisotopic (exact) mass is 328 g/mol. The molecule has 0 bridgehead atoms. The van der Waals surface area contributed by atoms with Crippen LogP contribution in [0, 0.1) is 0 Å². The predicted molar refractivity (Wildman–Crippen MR) is 98.9 cm³/mol. The van der Waals surface area contributed by atoms with E-state index in [2.05, 4.69) is 30.7 Å². The van der Waals surface area contributed by atoms with E-state index < -0.39 is 5.60 Å². The van der Waals surface area contributed by atoms with Gasteiger partial charge in [-0.2, -0.15) is 0 Å². The second kappa shape index (κ2) is 12.0. The van der Waals surface area contributed by atoms with Gasteiger partial charge >= 0.3 is 0 Å². The van der Waals surface area contributed by atoms with E-state index in [-0.39, 0.29) is 0 Å².